The van der Waals surface area contributed by atoms with Gasteiger partial charge in [-0.3, -0.25) is 0 Å². The maximum Gasteiger partial charge on any atom is -0.0383 e. The second-order valence-corrected chi connectivity index (χ2v) is 4.91. The van der Waals surface area contributed by atoms with Gasteiger partial charge in [0.1, 0.15) is 0 Å². The normalized spacial score (nSPS) is 46.5. The van der Waals surface area contributed by atoms with Gasteiger partial charge < -0.3 is 0 Å². The van der Waals surface area contributed by atoms with Crippen molar-refractivity contribution < 1.29 is 0 Å². The Balaban J connectivity index is 1.95. The zero-order valence-electron chi connectivity index (χ0n) is 8.55. The minimum atomic E-state index is 1.08. The van der Waals surface area contributed by atoms with Crippen LogP contribution in [0.3, 0.4) is 0 Å². The van der Waals surface area contributed by atoms with Crippen LogP contribution in [0.4, 0.5) is 0 Å². The molecule has 0 aromatic carbocycles. The quantitative estimate of drug-likeness (QED) is 0.584. The van der Waals surface area contributed by atoms with Crippen LogP contribution in [-0.4, -0.2) is 0 Å². The fourth-order valence-corrected chi connectivity index (χ4v) is 3.42. The van der Waals surface area contributed by atoms with Gasteiger partial charge in [0.05, 0.1) is 0 Å². The van der Waals surface area contributed by atoms with E-state index in [1.54, 1.807) is 25.7 Å². The van der Waals surface area contributed by atoms with Crippen molar-refractivity contribution in [3.05, 3.63) is 0 Å². The van der Waals surface area contributed by atoms with Gasteiger partial charge in [-0.2, -0.15) is 0 Å². The molecule has 2 saturated carbocycles. The van der Waals surface area contributed by atoms with Gasteiger partial charge in [-0.05, 0) is 49.4 Å². The third-order valence-electron chi connectivity index (χ3n) is 4.50. The number of hydrogen-bond donors (Lipinski definition) is 0. The Kier molecular flexibility index (Phi) is 2.43. The molecule has 0 aromatic rings. The highest BCUT2D eigenvalue weighted by atomic mass is 14.4. The minimum absolute atomic E-state index is 1.08. The van der Waals surface area contributed by atoms with E-state index < -0.39 is 0 Å². The van der Waals surface area contributed by atoms with Crippen LogP contribution in [0.5, 0.6) is 0 Å². The molecular weight excluding hydrogens is 144 g/mol. The molecule has 0 saturated heterocycles. The van der Waals surface area contributed by atoms with Crippen LogP contribution < -0.4 is 0 Å². The van der Waals surface area contributed by atoms with E-state index in [2.05, 4.69) is 13.8 Å². The van der Waals surface area contributed by atoms with Gasteiger partial charge in [-0.25, -0.2) is 0 Å². The standard InChI is InChI=1S/C12H22/c1-3-9-7-11-5-6-12(11)8-10(9)4-2/h9-12H,3-8H2,1-2H3. The SMILES string of the molecule is CCC1CC2CCC2CC1CC. The van der Waals surface area contributed by atoms with Gasteiger partial charge in [-0.15, -0.1) is 0 Å². The highest BCUT2D eigenvalue weighted by molar-refractivity contribution is 4.90. The van der Waals surface area contributed by atoms with Crippen molar-refractivity contribution in [2.75, 3.05) is 0 Å². The summed E-state index contributed by atoms with van der Waals surface area (Å²) in [5.41, 5.74) is 0. The lowest BCUT2D eigenvalue weighted by molar-refractivity contribution is 0.0323. The van der Waals surface area contributed by atoms with Crippen LogP contribution in [0.1, 0.15) is 52.4 Å². The summed E-state index contributed by atoms with van der Waals surface area (Å²) in [5, 5.41) is 0. The Morgan fingerprint density at radius 3 is 1.50 bits per heavy atom. The minimum Gasteiger partial charge on any atom is -0.0651 e. The van der Waals surface area contributed by atoms with Crippen molar-refractivity contribution in [2.45, 2.75) is 52.4 Å². The average molecular weight is 166 g/mol. The molecule has 0 amide bonds. The third kappa shape index (κ3) is 1.30. The Morgan fingerprint density at radius 1 is 0.833 bits per heavy atom. The van der Waals surface area contributed by atoms with Crippen molar-refractivity contribution in [3.63, 3.8) is 0 Å². The van der Waals surface area contributed by atoms with Gasteiger partial charge in [-0.1, -0.05) is 26.7 Å². The molecule has 2 aliphatic carbocycles. The van der Waals surface area contributed by atoms with Gasteiger partial charge in [0.25, 0.3) is 0 Å². The molecule has 0 heterocycles. The Hall–Kier alpha value is 0. The van der Waals surface area contributed by atoms with Gasteiger partial charge in [0.15, 0.2) is 0 Å². The first-order chi connectivity index (χ1) is 5.85. The molecule has 0 spiro atoms. The fraction of sp³-hybridized carbons (Fsp3) is 1.00. The summed E-state index contributed by atoms with van der Waals surface area (Å²) >= 11 is 0. The number of hydrogen-bond acceptors (Lipinski definition) is 0. The lowest BCUT2D eigenvalue weighted by Gasteiger charge is -2.47. The highest BCUT2D eigenvalue weighted by Crippen LogP contribution is 2.50. The molecule has 2 rings (SSSR count). The van der Waals surface area contributed by atoms with E-state index >= 15 is 0 Å². The first-order valence-electron chi connectivity index (χ1n) is 5.85. The van der Waals surface area contributed by atoms with Crippen LogP contribution in [0, 0.1) is 23.7 Å². The molecular formula is C12H22. The van der Waals surface area contributed by atoms with Crippen LogP contribution >= 0.6 is 0 Å². The Morgan fingerprint density at radius 2 is 1.25 bits per heavy atom. The van der Waals surface area contributed by atoms with Gasteiger partial charge in [0, 0.05) is 0 Å². The monoisotopic (exact) mass is 166 g/mol. The topological polar surface area (TPSA) is 0 Å². The van der Waals surface area contributed by atoms with E-state index in [1.807, 2.05) is 0 Å². The zero-order valence-corrected chi connectivity index (χ0v) is 8.55. The van der Waals surface area contributed by atoms with E-state index in [9.17, 15) is 0 Å². The molecule has 0 aromatic heterocycles. The number of fused-ring (bicyclic) bond motifs is 1. The maximum atomic E-state index is 2.38. The van der Waals surface area contributed by atoms with Gasteiger partial charge >= 0.3 is 0 Å². The van der Waals surface area contributed by atoms with Crippen LogP contribution in [0.15, 0.2) is 0 Å². The van der Waals surface area contributed by atoms with Gasteiger partial charge in [0.2, 0.25) is 0 Å². The first-order valence-corrected chi connectivity index (χ1v) is 5.85. The fourth-order valence-electron chi connectivity index (χ4n) is 3.42. The molecule has 70 valence electrons. The second-order valence-electron chi connectivity index (χ2n) is 4.91. The summed E-state index contributed by atoms with van der Waals surface area (Å²) in [7, 11) is 0. The largest absolute Gasteiger partial charge is 0.0651 e. The van der Waals surface area contributed by atoms with Crippen molar-refractivity contribution in [1.29, 1.82) is 0 Å². The zero-order chi connectivity index (χ0) is 8.55. The first kappa shape index (κ1) is 8.59. The molecule has 2 aliphatic rings. The molecule has 0 radical (unpaired) electrons. The lowest BCUT2D eigenvalue weighted by Crippen LogP contribution is -2.37. The summed E-state index contributed by atoms with van der Waals surface area (Å²) in [4.78, 5) is 0. The summed E-state index contributed by atoms with van der Waals surface area (Å²) in [6, 6.07) is 0. The summed E-state index contributed by atoms with van der Waals surface area (Å²) in [6.07, 6.45) is 9.11. The van der Waals surface area contributed by atoms with Crippen molar-refractivity contribution >= 4 is 0 Å². The highest BCUT2D eigenvalue weighted by Gasteiger charge is 2.40. The van der Waals surface area contributed by atoms with E-state index in [0.29, 0.717) is 0 Å². The van der Waals surface area contributed by atoms with E-state index in [-0.39, 0.29) is 0 Å². The van der Waals surface area contributed by atoms with E-state index in [0.717, 1.165) is 23.7 Å². The molecule has 12 heavy (non-hydrogen) atoms. The molecule has 2 fully saturated rings. The smallest absolute Gasteiger partial charge is 0.0383 e. The molecule has 0 aliphatic heterocycles. The molecule has 4 atom stereocenters. The number of rotatable bonds is 2. The summed E-state index contributed by atoms with van der Waals surface area (Å²) in [5.74, 6) is 4.46. The summed E-state index contributed by atoms with van der Waals surface area (Å²) < 4.78 is 0. The van der Waals surface area contributed by atoms with Crippen molar-refractivity contribution in [1.82, 2.24) is 0 Å². The second kappa shape index (κ2) is 3.40. The van der Waals surface area contributed by atoms with Crippen LogP contribution in [-0.2, 0) is 0 Å². The molecule has 0 N–H and O–H groups in total. The molecule has 0 nitrogen and oxygen atoms in total. The Labute approximate surface area is 76.7 Å². The van der Waals surface area contributed by atoms with Crippen LogP contribution in [0.2, 0.25) is 0 Å². The van der Waals surface area contributed by atoms with E-state index in [4.69, 9.17) is 0 Å². The maximum absolute atomic E-state index is 2.38. The predicted octanol–water partition coefficient (Wildman–Crippen LogP) is 3.86. The molecule has 0 heteroatoms. The molecule has 0 bridgehead atoms. The third-order valence-corrected chi connectivity index (χ3v) is 4.50. The van der Waals surface area contributed by atoms with Crippen LogP contribution in [0.25, 0.3) is 0 Å². The average Bonchev–Trinajstić information content (AvgIpc) is 2.07. The Bertz CT molecular complexity index is 132. The summed E-state index contributed by atoms with van der Waals surface area (Å²) in [6.45, 7) is 4.76. The molecule has 4 unspecified atom stereocenters. The van der Waals surface area contributed by atoms with Crippen molar-refractivity contribution in [2.24, 2.45) is 23.7 Å². The van der Waals surface area contributed by atoms with E-state index in [1.165, 1.54) is 12.8 Å². The lowest BCUT2D eigenvalue weighted by atomic mass is 9.58. The van der Waals surface area contributed by atoms with Crippen molar-refractivity contribution in [3.8, 4) is 0 Å². The predicted molar refractivity (Wildman–Crippen MR) is 53.0 cm³/mol.